The van der Waals surface area contributed by atoms with Crippen LogP contribution in [0.15, 0.2) is 23.0 Å². The maximum atomic E-state index is 12.6. The van der Waals surface area contributed by atoms with Crippen LogP contribution in [0.3, 0.4) is 0 Å². The average molecular weight is 430 g/mol. The molecular formula is C21H23N3O3S2. The van der Waals surface area contributed by atoms with Crippen LogP contribution >= 0.6 is 23.1 Å². The number of ketones is 1. The van der Waals surface area contributed by atoms with E-state index in [0.717, 1.165) is 48.7 Å². The van der Waals surface area contributed by atoms with Crippen LogP contribution in [0.5, 0.6) is 5.75 Å². The maximum absolute atomic E-state index is 12.6. The lowest BCUT2D eigenvalue weighted by atomic mass is 10.1. The zero-order chi connectivity index (χ0) is 20.0. The van der Waals surface area contributed by atoms with Crippen LogP contribution in [-0.2, 0) is 4.79 Å². The Bertz CT molecular complexity index is 1150. The third-order valence-electron chi connectivity index (χ3n) is 5.80. The molecule has 0 unspecified atom stereocenters. The number of fused-ring (bicyclic) bond motifs is 1. The van der Waals surface area contributed by atoms with E-state index in [1.807, 2.05) is 30.0 Å². The molecule has 0 amide bonds. The Morgan fingerprint density at radius 1 is 1.34 bits per heavy atom. The summed E-state index contributed by atoms with van der Waals surface area (Å²) in [7, 11) is 0. The Labute approximate surface area is 176 Å². The maximum Gasteiger partial charge on any atom is 0.266 e. The van der Waals surface area contributed by atoms with Gasteiger partial charge in [-0.1, -0.05) is 6.07 Å². The summed E-state index contributed by atoms with van der Waals surface area (Å²) in [6.07, 6.45) is 5.80. The summed E-state index contributed by atoms with van der Waals surface area (Å²) in [4.78, 5) is 30.4. The fourth-order valence-corrected chi connectivity index (χ4v) is 5.36. The highest BCUT2D eigenvalue weighted by molar-refractivity contribution is 7.98. The molecule has 8 heteroatoms. The van der Waals surface area contributed by atoms with Gasteiger partial charge in [-0.25, -0.2) is 0 Å². The highest BCUT2D eigenvalue weighted by Crippen LogP contribution is 2.41. The van der Waals surface area contributed by atoms with Gasteiger partial charge < -0.3 is 19.9 Å². The lowest BCUT2D eigenvalue weighted by Crippen LogP contribution is -2.34. The van der Waals surface area contributed by atoms with Gasteiger partial charge in [0.2, 0.25) is 0 Å². The molecule has 1 aromatic carbocycles. The van der Waals surface area contributed by atoms with Gasteiger partial charge in [0.25, 0.3) is 5.56 Å². The Morgan fingerprint density at radius 2 is 2.21 bits per heavy atom. The second-order valence-corrected chi connectivity index (χ2v) is 9.73. The van der Waals surface area contributed by atoms with Crippen molar-refractivity contribution in [2.24, 2.45) is 0 Å². The van der Waals surface area contributed by atoms with E-state index in [-0.39, 0.29) is 16.9 Å². The number of nitrogens with one attached hydrogen (secondary N) is 2. The molecule has 2 aliphatic heterocycles. The standard InChI is InChI=1S/C21H23N3O3S2/c1-28-9-7-24-6-8-27-16-3-2-13(10-15(16)24)11-17-19(26)23-20(29-17)14-12-22-21(4-5-21)18(14)25/h2-3,10-11,22H,4-9,12H2,1H3,(H,23,26)/b17-11-,20-14+. The minimum absolute atomic E-state index is 0.143. The van der Waals surface area contributed by atoms with Crippen LogP contribution in [0.4, 0.5) is 5.69 Å². The molecule has 0 atom stereocenters. The van der Waals surface area contributed by atoms with Gasteiger partial charge in [-0.3, -0.25) is 9.59 Å². The minimum Gasteiger partial charge on any atom is -0.490 e. The molecule has 0 radical (unpaired) electrons. The molecule has 1 aromatic heterocycles. The zero-order valence-electron chi connectivity index (χ0n) is 16.2. The Kier molecular flexibility index (Phi) is 4.80. The van der Waals surface area contributed by atoms with Crippen molar-refractivity contribution in [3.63, 3.8) is 0 Å². The number of carbonyl (C=O) groups excluding carboxylic acids is 1. The third kappa shape index (κ3) is 3.43. The van der Waals surface area contributed by atoms with Crippen LogP contribution in [0.2, 0.25) is 0 Å². The van der Waals surface area contributed by atoms with Gasteiger partial charge in [0.15, 0.2) is 5.78 Å². The number of ether oxygens (including phenoxy) is 1. The molecule has 2 fully saturated rings. The van der Waals surface area contributed by atoms with Gasteiger partial charge in [0.1, 0.15) is 17.0 Å². The zero-order valence-corrected chi connectivity index (χ0v) is 17.9. The fourth-order valence-electron chi connectivity index (χ4n) is 3.96. The molecule has 1 aliphatic carbocycles. The topological polar surface area (TPSA) is 74.4 Å². The van der Waals surface area contributed by atoms with E-state index in [2.05, 4.69) is 27.5 Å². The fraction of sp³-hybridized carbons (Fsp3) is 0.429. The number of hydrogen-bond acceptors (Lipinski definition) is 7. The number of aromatic nitrogens is 1. The summed E-state index contributed by atoms with van der Waals surface area (Å²) >= 11 is 3.20. The summed E-state index contributed by atoms with van der Waals surface area (Å²) in [5.74, 6) is 2.10. The van der Waals surface area contributed by atoms with E-state index in [9.17, 15) is 9.59 Å². The molecular weight excluding hydrogens is 406 g/mol. The molecule has 152 valence electrons. The van der Waals surface area contributed by atoms with Gasteiger partial charge in [-0.05, 0) is 42.9 Å². The van der Waals surface area contributed by atoms with Gasteiger partial charge in [0, 0.05) is 24.4 Å². The highest BCUT2D eigenvalue weighted by Gasteiger charge is 2.54. The van der Waals surface area contributed by atoms with Crippen molar-refractivity contribution in [1.29, 1.82) is 0 Å². The number of nitrogens with zero attached hydrogens (tertiary/aromatic N) is 1. The number of benzene rings is 1. The van der Waals surface area contributed by atoms with Crippen molar-refractivity contribution in [2.45, 2.75) is 18.4 Å². The quantitative estimate of drug-likeness (QED) is 0.745. The third-order valence-corrected chi connectivity index (χ3v) is 7.47. The summed E-state index contributed by atoms with van der Waals surface area (Å²) in [5.41, 5.74) is 2.27. The average Bonchev–Trinajstić information content (AvgIpc) is 3.34. The number of rotatable bonds is 4. The number of Topliss-reactive ketones (excluding diaryl/α,β-unsaturated/α-hetero) is 1. The lowest BCUT2D eigenvalue weighted by molar-refractivity contribution is -0.115. The minimum atomic E-state index is -0.335. The number of aromatic amines is 1. The van der Waals surface area contributed by atoms with Crippen molar-refractivity contribution < 1.29 is 9.53 Å². The SMILES string of the molecule is CSCCN1CCOc2ccc(/C=c3\s/c(=C4\CNC5(CC5)C4=O)[nH]c3=O)cc21. The highest BCUT2D eigenvalue weighted by atomic mass is 32.2. The molecule has 3 aliphatic rings. The first-order valence-electron chi connectivity index (χ1n) is 9.84. The summed E-state index contributed by atoms with van der Waals surface area (Å²) in [6, 6.07) is 6.04. The molecule has 2 aromatic rings. The van der Waals surface area contributed by atoms with Crippen molar-refractivity contribution in [3.05, 3.63) is 43.3 Å². The van der Waals surface area contributed by atoms with Gasteiger partial charge in [-0.15, -0.1) is 11.3 Å². The normalized spacial score (nSPS) is 22.2. The van der Waals surface area contributed by atoms with Gasteiger partial charge in [0.05, 0.1) is 22.3 Å². The largest absolute Gasteiger partial charge is 0.490 e. The predicted molar refractivity (Wildman–Crippen MR) is 119 cm³/mol. The van der Waals surface area contributed by atoms with E-state index < -0.39 is 0 Å². The van der Waals surface area contributed by atoms with E-state index >= 15 is 0 Å². The molecule has 5 rings (SSSR count). The number of H-pyrrole nitrogens is 1. The first-order chi connectivity index (χ1) is 14.1. The number of hydrogen-bond donors (Lipinski definition) is 2. The van der Waals surface area contributed by atoms with Gasteiger partial charge in [-0.2, -0.15) is 11.8 Å². The summed E-state index contributed by atoms with van der Waals surface area (Å²) in [6.45, 7) is 3.08. The Morgan fingerprint density at radius 3 is 2.97 bits per heavy atom. The second-order valence-electron chi connectivity index (χ2n) is 7.69. The lowest BCUT2D eigenvalue weighted by Gasteiger charge is -2.31. The molecule has 29 heavy (non-hydrogen) atoms. The first kappa shape index (κ1) is 19.0. The monoisotopic (exact) mass is 429 g/mol. The molecule has 1 spiro atoms. The first-order valence-corrected chi connectivity index (χ1v) is 12.1. The van der Waals surface area contributed by atoms with E-state index in [1.54, 1.807) is 0 Å². The Hall–Kier alpha value is -2.03. The van der Waals surface area contributed by atoms with E-state index in [1.165, 1.54) is 11.3 Å². The number of anilines is 1. The van der Waals surface area contributed by atoms with Crippen LogP contribution < -0.4 is 29.7 Å². The molecule has 1 saturated carbocycles. The molecule has 3 heterocycles. The Balaban J connectivity index is 1.51. The van der Waals surface area contributed by atoms with Crippen molar-refractivity contribution >= 4 is 46.2 Å². The van der Waals surface area contributed by atoms with E-state index in [0.29, 0.717) is 27.9 Å². The van der Waals surface area contributed by atoms with Crippen molar-refractivity contribution in [1.82, 2.24) is 10.3 Å². The van der Waals surface area contributed by atoms with Crippen molar-refractivity contribution in [3.8, 4) is 5.75 Å². The molecule has 2 N–H and O–H groups in total. The van der Waals surface area contributed by atoms with Crippen molar-refractivity contribution in [2.75, 3.05) is 43.1 Å². The van der Waals surface area contributed by atoms with Crippen LogP contribution in [0.1, 0.15) is 18.4 Å². The van der Waals surface area contributed by atoms with E-state index in [4.69, 9.17) is 4.74 Å². The summed E-state index contributed by atoms with van der Waals surface area (Å²) in [5, 5.41) is 3.31. The van der Waals surface area contributed by atoms with Crippen LogP contribution in [0.25, 0.3) is 11.6 Å². The predicted octanol–water partition coefficient (Wildman–Crippen LogP) is 0.683. The molecule has 1 saturated heterocycles. The number of thioether (sulfide) groups is 1. The molecule has 0 bridgehead atoms. The van der Waals surface area contributed by atoms with Crippen LogP contribution in [-0.4, -0.2) is 54.6 Å². The van der Waals surface area contributed by atoms with Crippen LogP contribution in [0, 0.1) is 0 Å². The number of thiazole rings is 1. The smallest absolute Gasteiger partial charge is 0.266 e. The molecule has 6 nitrogen and oxygen atoms in total. The second kappa shape index (κ2) is 7.34. The number of carbonyl (C=O) groups is 1. The van der Waals surface area contributed by atoms with Gasteiger partial charge >= 0.3 is 0 Å². The summed E-state index contributed by atoms with van der Waals surface area (Å²) < 4.78 is 7.10.